The summed E-state index contributed by atoms with van der Waals surface area (Å²) in [5, 5.41) is 8.93. The first-order chi connectivity index (χ1) is 11.6. The predicted molar refractivity (Wildman–Crippen MR) is 100 cm³/mol. The normalized spacial score (nSPS) is 10.4. The summed E-state index contributed by atoms with van der Waals surface area (Å²) >= 11 is 1.50. The van der Waals surface area contributed by atoms with E-state index in [1.165, 1.54) is 11.3 Å². The predicted octanol–water partition coefficient (Wildman–Crippen LogP) is 4.68. The number of anilines is 3. The van der Waals surface area contributed by atoms with Gasteiger partial charge >= 0.3 is 0 Å². The zero-order valence-corrected chi connectivity index (χ0v) is 14.5. The third-order valence-corrected chi connectivity index (χ3v) is 4.47. The Morgan fingerprint density at radius 1 is 1.04 bits per heavy atom. The lowest BCUT2D eigenvalue weighted by Crippen LogP contribution is -2.16. The second kappa shape index (κ2) is 7.27. The van der Waals surface area contributed by atoms with E-state index < -0.39 is 0 Å². The van der Waals surface area contributed by atoms with Crippen LogP contribution in [0.2, 0.25) is 0 Å². The number of nitrogens with one attached hydrogen (secondary N) is 2. The van der Waals surface area contributed by atoms with Gasteiger partial charge in [0, 0.05) is 16.8 Å². The number of aromatic nitrogens is 1. The Hall–Kier alpha value is -2.66. The zero-order valence-electron chi connectivity index (χ0n) is 13.7. The molecule has 24 heavy (non-hydrogen) atoms. The Kier molecular flexibility index (Phi) is 4.91. The van der Waals surface area contributed by atoms with Gasteiger partial charge in [-0.15, -0.1) is 11.3 Å². The third kappa shape index (κ3) is 4.00. The van der Waals surface area contributed by atoms with Gasteiger partial charge in [0.25, 0.3) is 0 Å². The Labute approximate surface area is 145 Å². The van der Waals surface area contributed by atoms with Gasteiger partial charge in [-0.05, 0) is 37.1 Å². The molecule has 0 fully saturated rings. The van der Waals surface area contributed by atoms with Crippen molar-refractivity contribution in [2.24, 2.45) is 0 Å². The van der Waals surface area contributed by atoms with Gasteiger partial charge in [-0.3, -0.25) is 4.79 Å². The molecule has 4 nitrogen and oxygen atoms in total. The van der Waals surface area contributed by atoms with Crippen molar-refractivity contribution in [3.05, 3.63) is 70.7 Å². The number of benzene rings is 2. The number of hydrogen-bond donors (Lipinski definition) is 2. The highest BCUT2D eigenvalue weighted by Crippen LogP contribution is 2.22. The molecule has 0 bridgehead atoms. The molecular weight excluding hydrogens is 318 g/mol. The molecule has 0 saturated carbocycles. The average molecular weight is 337 g/mol. The first kappa shape index (κ1) is 16.2. The van der Waals surface area contributed by atoms with Gasteiger partial charge < -0.3 is 10.6 Å². The molecule has 5 heteroatoms. The van der Waals surface area contributed by atoms with Gasteiger partial charge in [-0.1, -0.05) is 36.4 Å². The monoisotopic (exact) mass is 337 g/mol. The number of rotatable bonds is 5. The molecule has 2 N–H and O–H groups in total. The van der Waals surface area contributed by atoms with Crippen molar-refractivity contribution >= 4 is 33.8 Å². The minimum absolute atomic E-state index is 0.0519. The van der Waals surface area contributed by atoms with Gasteiger partial charge in [-0.2, -0.15) is 0 Å². The fraction of sp³-hybridized carbons (Fsp3) is 0.158. The lowest BCUT2D eigenvalue weighted by atomic mass is 10.1. The molecule has 0 unspecified atom stereocenters. The number of amides is 1. The molecule has 1 amide bonds. The van der Waals surface area contributed by atoms with Crippen LogP contribution in [0.15, 0.2) is 53.9 Å². The van der Waals surface area contributed by atoms with Crippen LogP contribution in [-0.2, 0) is 11.2 Å². The SMILES string of the molecule is Cc1cccc(C)c1NC(=O)Cc1csc(Nc2ccccc2)n1. The molecule has 0 aliphatic carbocycles. The number of hydrogen-bond acceptors (Lipinski definition) is 4. The Morgan fingerprint density at radius 2 is 1.75 bits per heavy atom. The number of aryl methyl sites for hydroxylation is 2. The summed E-state index contributed by atoms with van der Waals surface area (Å²) in [7, 11) is 0. The number of thiazole rings is 1. The molecule has 1 heterocycles. The van der Waals surface area contributed by atoms with E-state index in [1.807, 2.05) is 67.8 Å². The molecule has 0 spiro atoms. The lowest BCUT2D eigenvalue weighted by molar-refractivity contribution is -0.115. The molecule has 3 rings (SSSR count). The van der Waals surface area contributed by atoms with Gasteiger partial charge in [0.05, 0.1) is 12.1 Å². The quantitative estimate of drug-likeness (QED) is 0.710. The van der Waals surface area contributed by atoms with Crippen LogP contribution in [0.4, 0.5) is 16.5 Å². The van der Waals surface area contributed by atoms with Crippen molar-refractivity contribution < 1.29 is 4.79 Å². The summed E-state index contributed by atoms with van der Waals surface area (Å²) in [5.41, 5.74) is 4.77. The first-order valence-corrected chi connectivity index (χ1v) is 8.62. The van der Waals surface area contributed by atoms with Crippen molar-refractivity contribution in [1.82, 2.24) is 4.98 Å². The molecular formula is C19H19N3OS. The summed E-state index contributed by atoms with van der Waals surface area (Å²) in [4.78, 5) is 16.8. The fourth-order valence-electron chi connectivity index (χ4n) is 2.45. The minimum atomic E-state index is -0.0519. The van der Waals surface area contributed by atoms with E-state index in [0.29, 0.717) is 0 Å². The van der Waals surface area contributed by atoms with Crippen LogP contribution >= 0.6 is 11.3 Å². The molecule has 3 aromatic rings. The Bertz CT molecular complexity index is 823. The maximum Gasteiger partial charge on any atom is 0.230 e. The summed E-state index contributed by atoms with van der Waals surface area (Å²) in [6.45, 7) is 3.99. The minimum Gasteiger partial charge on any atom is -0.332 e. The Balaban J connectivity index is 1.63. The fourth-order valence-corrected chi connectivity index (χ4v) is 3.18. The van der Waals surface area contributed by atoms with E-state index in [-0.39, 0.29) is 12.3 Å². The highest BCUT2D eigenvalue weighted by Gasteiger charge is 2.10. The zero-order chi connectivity index (χ0) is 16.9. The number of carbonyl (C=O) groups is 1. The largest absolute Gasteiger partial charge is 0.332 e. The second-order valence-electron chi connectivity index (χ2n) is 5.63. The second-order valence-corrected chi connectivity index (χ2v) is 6.48. The van der Waals surface area contributed by atoms with E-state index in [9.17, 15) is 4.79 Å². The highest BCUT2D eigenvalue weighted by molar-refractivity contribution is 7.13. The van der Waals surface area contributed by atoms with Gasteiger partial charge in [0.1, 0.15) is 0 Å². The highest BCUT2D eigenvalue weighted by atomic mass is 32.1. The first-order valence-electron chi connectivity index (χ1n) is 7.74. The topological polar surface area (TPSA) is 54.0 Å². The van der Waals surface area contributed by atoms with E-state index in [1.54, 1.807) is 0 Å². The molecule has 0 saturated heterocycles. The molecule has 0 aliphatic rings. The van der Waals surface area contributed by atoms with Crippen LogP contribution in [0.5, 0.6) is 0 Å². The van der Waals surface area contributed by atoms with Gasteiger partial charge in [-0.25, -0.2) is 4.98 Å². The summed E-state index contributed by atoms with van der Waals surface area (Å²) in [6.07, 6.45) is 0.265. The van der Waals surface area contributed by atoms with E-state index >= 15 is 0 Å². The summed E-state index contributed by atoms with van der Waals surface area (Å²) < 4.78 is 0. The van der Waals surface area contributed by atoms with Crippen LogP contribution in [0, 0.1) is 13.8 Å². The number of nitrogens with zero attached hydrogens (tertiary/aromatic N) is 1. The lowest BCUT2D eigenvalue weighted by Gasteiger charge is -2.10. The van der Waals surface area contributed by atoms with Crippen molar-refractivity contribution in [3.63, 3.8) is 0 Å². The summed E-state index contributed by atoms with van der Waals surface area (Å²) in [5.74, 6) is -0.0519. The molecule has 0 aliphatic heterocycles. The molecule has 0 radical (unpaired) electrons. The molecule has 122 valence electrons. The van der Waals surface area contributed by atoms with Crippen molar-refractivity contribution in [2.75, 3.05) is 10.6 Å². The maximum atomic E-state index is 12.3. The molecule has 1 aromatic heterocycles. The van der Waals surface area contributed by atoms with Crippen LogP contribution in [0.1, 0.15) is 16.8 Å². The number of carbonyl (C=O) groups excluding carboxylic acids is 1. The smallest absolute Gasteiger partial charge is 0.230 e. The third-order valence-electron chi connectivity index (χ3n) is 3.66. The van der Waals surface area contributed by atoms with Crippen molar-refractivity contribution in [3.8, 4) is 0 Å². The average Bonchev–Trinajstić information content (AvgIpc) is 2.99. The van der Waals surface area contributed by atoms with Crippen molar-refractivity contribution in [2.45, 2.75) is 20.3 Å². The maximum absolute atomic E-state index is 12.3. The Morgan fingerprint density at radius 3 is 2.46 bits per heavy atom. The van der Waals surface area contributed by atoms with E-state index in [2.05, 4.69) is 15.6 Å². The van der Waals surface area contributed by atoms with Gasteiger partial charge in [0.15, 0.2) is 5.13 Å². The molecule has 0 atom stereocenters. The van der Waals surface area contributed by atoms with Crippen LogP contribution < -0.4 is 10.6 Å². The molecule has 2 aromatic carbocycles. The van der Waals surface area contributed by atoms with Crippen molar-refractivity contribution in [1.29, 1.82) is 0 Å². The van der Waals surface area contributed by atoms with E-state index in [0.717, 1.165) is 33.3 Å². The van der Waals surface area contributed by atoms with E-state index in [4.69, 9.17) is 0 Å². The van der Waals surface area contributed by atoms with Crippen LogP contribution in [-0.4, -0.2) is 10.9 Å². The van der Waals surface area contributed by atoms with Crippen LogP contribution in [0.25, 0.3) is 0 Å². The summed E-state index contributed by atoms with van der Waals surface area (Å²) in [6, 6.07) is 15.8. The van der Waals surface area contributed by atoms with Gasteiger partial charge in [0.2, 0.25) is 5.91 Å². The standard InChI is InChI=1S/C19H19N3OS/c1-13-7-6-8-14(2)18(13)22-17(23)11-16-12-24-19(21-16)20-15-9-4-3-5-10-15/h3-10,12H,11H2,1-2H3,(H,20,21)(H,22,23). The number of para-hydroxylation sites is 2. The van der Waals surface area contributed by atoms with Crippen LogP contribution in [0.3, 0.4) is 0 Å².